The minimum atomic E-state index is -0.772. The van der Waals surface area contributed by atoms with Gasteiger partial charge in [-0.25, -0.2) is 9.59 Å². The maximum Gasteiger partial charge on any atom is 0.410 e. The molecule has 1 aliphatic heterocycles. The lowest BCUT2D eigenvalue weighted by Gasteiger charge is -2.35. The molecule has 1 saturated heterocycles. The predicted molar refractivity (Wildman–Crippen MR) is 55.1 cm³/mol. The predicted octanol–water partition coefficient (Wildman–Crippen LogP) is -0.0682. The van der Waals surface area contributed by atoms with Crippen LogP contribution in [-0.2, 0) is 23.8 Å². The maximum atomic E-state index is 11.5. The van der Waals surface area contributed by atoms with Crippen LogP contribution in [0.1, 0.15) is 12.8 Å². The molecule has 2 atom stereocenters. The summed E-state index contributed by atoms with van der Waals surface area (Å²) in [5.74, 6) is -0.547. The topological polar surface area (TPSA) is 82.1 Å². The van der Waals surface area contributed by atoms with Crippen LogP contribution in [0.5, 0.6) is 0 Å². The lowest BCUT2D eigenvalue weighted by atomic mass is 10.00. The highest BCUT2D eigenvalue weighted by Crippen LogP contribution is 2.21. The van der Waals surface area contributed by atoms with Crippen LogP contribution in [0.3, 0.4) is 0 Å². The largest absolute Gasteiger partial charge is 0.467 e. The molecule has 7 nitrogen and oxygen atoms in total. The van der Waals surface area contributed by atoms with Gasteiger partial charge in [-0.3, -0.25) is 9.69 Å². The van der Waals surface area contributed by atoms with Gasteiger partial charge in [-0.2, -0.15) is 0 Å². The SMILES string of the molecule is COC(=O)[C@H]1C[C@H](OC=O)CCN1C(=O)OC. The van der Waals surface area contributed by atoms with Gasteiger partial charge >= 0.3 is 12.1 Å². The zero-order chi connectivity index (χ0) is 12.8. The highest BCUT2D eigenvalue weighted by atomic mass is 16.6. The second-order valence-electron chi connectivity index (χ2n) is 3.58. The van der Waals surface area contributed by atoms with Crippen molar-refractivity contribution < 1.29 is 28.6 Å². The molecule has 0 aromatic heterocycles. The number of ether oxygens (including phenoxy) is 3. The lowest BCUT2D eigenvalue weighted by molar-refractivity contribution is -0.152. The van der Waals surface area contributed by atoms with Gasteiger partial charge < -0.3 is 14.2 Å². The molecular formula is C10H15NO6. The Morgan fingerprint density at radius 3 is 2.53 bits per heavy atom. The smallest absolute Gasteiger partial charge is 0.410 e. The summed E-state index contributed by atoms with van der Waals surface area (Å²) in [6.07, 6.45) is -0.274. The molecule has 1 amide bonds. The fourth-order valence-corrected chi connectivity index (χ4v) is 1.83. The van der Waals surface area contributed by atoms with Gasteiger partial charge in [-0.15, -0.1) is 0 Å². The molecule has 0 aromatic carbocycles. The molecule has 1 fully saturated rings. The number of carbonyl (C=O) groups is 3. The Morgan fingerprint density at radius 2 is 2.00 bits per heavy atom. The summed E-state index contributed by atoms with van der Waals surface area (Å²) >= 11 is 0. The molecule has 96 valence electrons. The van der Waals surface area contributed by atoms with E-state index in [2.05, 4.69) is 9.47 Å². The maximum absolute atomic E-state index is 11.5. The molecule has 17 heavy (non-hydrogen) atoms. The van der Waals surface area contributed by atoms with Crippen molar-refractivity contribution in [1.29, 1.82) is 0 Å². The number of esters is 1. The average Bonchev–Trinajstić information content (AvgIpc) is 2.37. The number of hydrogen-bond donors (Lipinski definition) is 0. The molecule has 0 spiro atoms. The number of nitrogens with zero attached hydrogens (tertiary/aromatic N) is 1. The molecule has 0 N–H and O–H groups in total. The van der Waals surface area contributed by atoms with Gasteiger partial charge in [-0.1, -0.05) is 0 Å². The van der Waals surface area contributed by atoms with Gasteiger partial charge in [0.2, 0.25) is 0 Å². The number of likely N-dealkylation sites (tertiary alicyclic amines) is 1. The van der Waals surface area contributed by atoms with E-state index < -0.39 is 18.1 Å². The van der Waals surface area contributed by atoms with Crippen molar-refractivity contribution in [3.63, 3.8) is 0 Å². The van der Waals surface area contributed by atoms with E-state index in [1.54, 1.807) is 0 Å². The second-order valence-corrected chi connectivity index (χ2v) is 3.58. The highest BCUT2D eigenvalue weighted by Gasteiger charge is 2.38. The first kappa shape index (κ1) is 13.3. The number of amides is 1. The summed E-state index contributed by atoms with van der Waals surface area (Å²) in [5, 5.41) is 0. The van der Waals surface area contributed by atoms with Gasteiger partial charge in [0.15, 0.2) is 0 Å². The van der Waals surface area contributed by atoms with Crippen molar-refractivity contribution >= 4 is 18.5 Å². The Bertz CT molecular complexity index is 305. The van der Waals surface area contributed by atoms with Crippen LogP contribution in [0.4, 0.5) is 4.79 Å². The normalized spacial score (nSPS) is 23.8. The van der Waals surface area contributed by atoms with Crippen LogP contribution in [-0.4, -0.2) is 56.3 Å². The van der Waals surface area contributed by atoms with Gasteiger partial charge in [-0.05, 0) is 0 Å². The van der Waals surface area contributed by atoms with Gasteiger partial charge in [0.1, 0.15) is 12.1 Å². The molecule has 0 radical (unpaired) electrons. The third-order valence-electron chi connectivity index (χ3n) is 2.68. The van der Waals surface area contributed by atoms with Crippen LogP contribution >= 0.6 is 0 Å². The van der Waals surface area contributed by atoms with E-state index in [1.165, 1.54) is 19.1 Å². The van der Waals surface area contributed by atoms with E-state index >= 15 is 0 Å². The van der Waals surface area contributed by atoms with Crippen molar-refractivity contribution in [3.05, 3.63) is 0 Å². The third kappa shape index (κ3) is 3.08. The Hall–Kier alpha value is -1.79. The number of hydrogen-bond acceptors (Lipinski definition) is 6. The summed E-state index contributed by atoms with van der Waals surface area (Å²) in [7, 11) is 2.48. The molecule has 0 aliphatic carbocycles. The van der Waals surface area contributed by atoms with Crippen molar-refractivity contribution in [2.24, 2.45) is 0 Å². The second kappa shape index (κ2) is 6.07. The molecule has 1 rings (SSSR count). The van der Waals surface area contributed by atoms with Crippen molar-refractivity contribution in [2.45, 2.75) is 25.0 Å². The quantitative estimate of drug-likeness (QED) is 0.393. The lowest BCUT2D eigenvalue weighted by Crippen LogP contribution is -2.52. The van der Waals surface area contributed by atoms with Crippen LogP contribution < -0.4 is 0 Å². The summed E-state index contributed by atoms with van der Waals surface area (Å²) in [6, 6.07) is -0.772. The summed E-state index contributed by atoms with van der Waals surface area (Å²) in [4.78, 5) is 34.5. The van der Waals surface area contributed by atoms with Gasteiger partial charge in [0, 0.05) is 19.4 Å². The molecule has 1 heterocycles. The molecule has 0 bridgehead atoms. The number of carbonyl (C=O) groups excluding carboxylic acids is 3. The molecule has 7 heteroatoms. The summed E-state index contributed by atoms with van der Waals surface area (Å²) < 4.78 is 14.0. The zero-order valence-electron chi connectivity index (χ0n) is 9.75. The van der Waals surface area contributed by atoms with E-state index in [0.29, 0.717) is 12.9 Å². The van der Waals surface area contributed by atoms with Crippen molar-refractivity contribution in [3.8, 4) is 0 Å². The number of methoxy groups -OCH3 is 2. The molecule has 0 saturated carbocycles. The van der Waals surface area contributed by atoms with E-state index in [1.807, 2.05) is 0 Å². The monoisotopic (exact) mass is 245 g/mol. The number of piperidine rings is 1. The standard InChI is InChI=1S/C10H15NO6/c1-15-9(13)8-5-7(17-6-12)3-4-11(8)10(14)16-2/h6-8H,3-5H2,1-2H3/t7-,8-/m1/s1. The van der Waals surface area contributed by atoms with Crippen molar-refractivity contribution in [2.75, 3.05) is 20.8 Å². The Balaban J connectivity index is 2.75. The molecule has 1 aliphatic rings. The van der Waals surface area contributed by atoms with E-state index in [0.717, 1.165) is 0 Å². The van der Waals surface area contributed by atoms with Gasteiger partial charge in [0.25, 0.3) is 6.47 Å². The first-order valence-corrected chi connectivity index (χ1v) is 5.15. The molecule has 0 unspecified atom stereocenters. The fraction of sp³-hybridized carbons (Fsp3) is 0.700. The van der Waals surface area contributed by atoms with Crippen LogP contribution in [0.15, 0.2) is 0 Å². The van der Waals surface area contributed by atoms with Crippen LogP contribution in [0, 0.1) is 0 Å². The number of rotatable bonds is 3. The zero-order valence-corrected chi connectivity index (χ0v) is 9.75. The van der Waals surface area contributed by atoms with E-state index in [-0.39, 0.29) is 19.1 Å². The summed E-state index contributed by atoms with van der Waals surface area (Å²) in [6.45, 7) is 0.623. The third-order valence-corrected chi connectivity index (χ3v) is 2.68. The average molecular weight is 245 g/mol. The minimum Gasteiger partial charge on any atom is -0.467 e. The highest BCUT2D eigenvalue weighted by molar-refractivity contribution is 5.81. The van der Waals surface area contributed by atoms with Gasteiger partial charge in [0.05, 0.1) is 14.2 Å². The first-order valence-electron chi connectivity index (χ1n) is 5.15. The Kier molecular flexibility index (Phi) is 4.74. The molecular weight excluding hydrogens is 230 g/mol. The minimum absolute atomic E-state index is 0.223. The fourth-order valence-electron chi connectivity index (χ4n) is 1.83. The Morgan fingerprint density at radius 1 is 1.29 bits per heavy atom. The van der Waals surface area contributed by atoms with E-state index in [4.69, 9.17) is 4.74 Å². The first-order chi connectivity index (χ1) is 8.13. The van der Waals surface area contributed by atoms with Crippen molar-refractivity contribution in [1.82, 2.24) is 4.90 Å². The summed E-state index contributed by atoms with van der Waals surface area (Å²) in [5.41, 5.74) is 0. The van der Waals surface area contributed by atoms with Crippen LogP contribution in [0.2, 0.25) is 0 Å². The molecule has 0 aromatic rings. The van der Waals surface area contributed by atoms with E-state index in [9.17, 15) is 14.4 Å². The van der Waals surface area contributed by atoms with Crippen LogP contribution in [0.25, 0.3) is 0 Å². The Labute approximate surface area is 98.6 Å².